The zero-order valence-corrected chi connectivity index (χ0v) is 19.7. The molecule has 180 valence electrons. The minimum absolute atomic E-state index is 0.0105. The summed E-state index contributed by atoms with van der Waals surface area (Å²) in [5.74, 6) is -4.04. The molecule has 0 heterocycles. The molecule has 0 bridgehead atoms. The Morgan fingerprint density at radius 2 is 1.50 bits per heavy atom. The van der Waals surface area contributed by atoms with Crippen LogP contribution in [-0.4, -0.2) is 30.9 Å². The van der Waals surface area contributed by atoms with E-state index in [1.807, 2.05) is 0 Å². The molecule has 9 heteroatoms. The van der Waals surface area contributed by atoms with E-state index >= 15 is 0 Å². The highest BCUT2D eigenvalue weighted by molar-refractivity contribution is 9.10. The number of hydrogen-bond acceptors (Lipinski definition) is 5. The Hall–Kier alpha value is -3.20. The molecule has 2 aromatic rings. The monoisotopic (exact) mass is 538 g/mol. The van der Waals surface area contributed by atoms with E-state index in [0.29, 0.717) is 4.47 Å². The quantitative estimate of drug-likeness (QED) is 0.163. The second kappa shape index (κ2) is 12.3. The summed E-state index contributed by atoms with van der Waals surface area (Å²) < 4.78 is 52.0. The summed E-state index contributed by atoms with van der Waals surface area (Å²) in [6.45, 7) is 6.45. The van der Waals surface area contributed by atoms with E-state index in [1.165, 1.54) is 30.4 Å². The number of carbonyl (C=O) groups excluding carboxylic acids is 3. The highest BCUT2D eigenvalue weighted by Gasteiger charge is 2.37. The van der Waals surface area contributed by atoms with Crippen molar-refractivity contribution in [3.8, 4) is 0 Å². The van der Waals surface area contributed by atoms with E-state index in [-0.39, 0.29) is 29.9 Å². The molecule has 0 aliphatic carbocycles. The minimum Gasteiger partial charge on any atom is -0.461 e. The van der Waals surface area contributed by atoms with Crippen LogP contribution >= 0.6 is 15.9 Å². The van der Waals surface area contributed by atoms with Crippen LogP contribution in [-0.2, 0) is 38.1 Å². The average molecular weight is 539 g/mol. The Labute approximate surface area is 203 Å². The first kappa shape index (κ1) is 27.0. The molecule has 0 aliphatic heterocycles. The number of hydrogen-bond donors (Lipinski definition) is 0. The first-order chi connectivity index (χ1) is 16.1. The van der Waals surface area contributed by atoms with E-state index in [4.69, 9.17) is 9.47 Å². The van der Waals surface area contributed by atoms with Gasteiger partial charge < -0.3 is 9.47 Å². The molecule has 0 N–H and O–H groups in total. The lowest BCUT2D eigenvalue weighted by Gasteiger charge is -2.20. The van der Waals surface area contributed by atoms with Gasteiger partial charge in [0.15, 0.2) is 11.7 Å². The van der Waals surface area contributed by atoms with E-state index < -0.39 is 48.2 Å². The molecule has 0 amide bonds. The second-order valence-electron chi connectivity index (χ2n) is 7.14. The van der Waals surface area contributed by atoms with Crippen LogP contribution in [0, 0.1) is 5.92 Å². The molecule has 0 aromatic heterocycles. The van der Waals surface area contributed by atoms with Gasteiger partial charge in [0.2, 0.25) is 0 Å². The first-order valence-electron chi connectivity index (χ1n) is 10.1. The number of Topliss-reactive ketones (excluding diaryl/α,β-unsaturated/α-hetero) is 1. The summed E-state index contributed by atoms with van der Waals surface area (Å²) in [4.78, 5) is 37.8. The maximum atomic E-state index is 13.8. The number of ketones is 1. The van der Waals surface area contributed by atoms with Crippen molar-refractivity contribution in [1.82, 2.24) is 0 Å². The van der Waals surface area contributed by atoms with Crippen molar-refractivity contribution < 1.29 is 37.0 Å². The summed E-state index contributed by atoms with van der Waals surface area (Å²) in [5, 5.41) is 0. The van der Waals surface area contributed by atoms with Crippen LogP contribution in [0.2, 0.25) is 0 Å². The minimum atomic E-state index is -4.76. The van der Waals surface area contributed by atoms with Crippen LogP contribution in [0.15, 0.2) is 72.2 Å². The molecule has 2 aromatic carbocycles. The third-order valence-electron chi connectivity index (χ3n) is 4.76. The number of carbonyl (C=O) groups is 3. The Balaban J connectivity index is 2.48. The second-order valence-corrected chi connectivity index (χ2v) is 8.06. The fraction of sp³-hybridized carbons (Fsp3) is 0.240. The van der Waals surface area contributed by atoms with Crippen molar-refractivity contribution in [3.05, 3.63) is 94.5 Å². The lowest BCUT2D eigenvalue weighted by Crippen LogP contribution is -2.31. The summed E-state index contributed by atoms with van der Waals surface area (Å²) in [6, 6.07) is 9.54. The van der Waals surface area contributed by atoms with Gasteiger partial charge in [0.05, 0.1) is 5.56 Å². The molecule has 0 saturated heterocycles. The zero-order chi connectivity index (χ0) is 25.3. The number of rotatable bonds is 11. The molecule has 0 saturated carbocycles. The lowest BCUT2D eigenvalue weighted by molar-refractivity contribution is -0.160. The van der Waals surface area contributed by atoms with Gasteiger partial charge in [0.25, 0.3) is 0 Å². The Kier molecular flexibility index (Phi) is 9.80. The van der Waals surface area contributed by atoms with Crippen molar-refractivity contribution in [2.75, 3.05) is 13.2 Å². The molecule has 0 aliphatic rings. The molecule has 0 atom stereocenters. The topological polar surface area (TPSA) is 69.7 Å². The fourth-order valence-corrected chi connectivity index (χ4v) is 3.43. The summed E-state index contributed by atoms with van der Waals surface area (Å²) in [7, 11) is 0. The van der Waals surface area contributed by atoms with Gasteiger partial charge in [-0.15, -0.1) is 0 Å². The first-order valence-corrected chi connectivity index (χ1v) is 10.9. The molecule has 34 heavy (non-hydrogen) atoms. The SMILES string of the molecule is C=CCOC(=O)C(Cc1cccc(C(F)(F)F)c1CC(=O)c1ccc(Br)cc1)C(=O)OCC=C. The third-order valence-corrected chi connectivity index (χ3v) is 5.29. The van der Waals surface area contributed by atoms with Gasteiger partial charge in [-0.2, -0.15) is 13.2 Å². The largest absolute Gasteiger partial charge is 0.461 e. The standard InChI is InChI=1S/C25H22BrF3O5/c1-3-12-33-23(31)20(24(32)34-13-4-2)14-17-6-5-7-21(25(27,28)29)19(17)15-22(30)16-8-10-18(26)11-9-16/h3-11,20H,1-2,12-15H2. The number of alkyl halides is 3. The number of halogens is 4. The predicted molar refractivity (Wildman–Crippen MR) is 123 cm³/mol. The van der Waals surface area contributed by atoms with Gasteiger partial charge in [-0.05, 0) is 35.7 Å². The summed E-state index contributed by atoms with van der Waals surface area (Å²) in [6.07, 6.45) is -3.21. The van der Waals surface area contributed by atoms with Crippen LogP contribution in [0.1, 0.15) is 27.0 Å². The smallest absolute Gasteiger partial charge is 0.416 e. The summed E-state index contributed by atoms with van der Waals surface area (Å²) in [5.41, 5.74) is -1.11. The van der Waals surface area contributed by atoms with Crippen LogP contribution in [0.4, 0.5) is 13.2 Å². The fourth-order valence-electron chi connectivity index (χ4n) is 3.16. The molecular weight excluding hydrogens is 517 g/mol. The van der Waals surface area contributed by atoms with E-state index in [2.05, 4.69) is 29.1 Å². The predicted octanol–water partition coefficient (Wildman–Crippen LogP) is 5.51. The van der Waals surface area contributed by atoms with E-state index in [9.17, 15) is 27.6 Å². The number of ether oxygens (including phenoxy) is 2. The average Bonchev–Trinajstić information content (AvgIpc) is 2.79. The van der Waals surface area contributed by atoms with Crippen molar-refractivity contribution in [1.29, 1.82) is 0 Å². The van der Waals surface area contributed by atoms with Crippen LogP contribution in [0.5, 0.6) is 0 Å². The van der Waals surface area contributed by atoms with Gasteiger partial charge in [-0.3, -0.25) is 14.4 Å². The molecule has 0 radical (unpaired) electrons. The number of benzene rings is 2. The maximum Gasteiger partial charge on any atom is 0.416 e. The molecule has 2 rings (SSSR count). The molecular formula is C25H22BrF3O5. The Morgan fingerprint density at radius 3 is 2.00 bits per heavy atom. The highest BCUT2D eigenvalue weighted by Crippen LogP contribution is 2.35. The highest BCUT2D eigenvalue weighted by atomic mass is 79.9. The molecule has 0 fully saturated rings. The van der Waals surface area contributed by atoms with Gasteiger partial charge >= 0.3 is 18.1 Å². The third kappa shape index (κ3) is 7.41. The van der Waals surface area contributed by atoms with Crippen LogP contribution < -0.4 is 0 Å². The zero-order valence-electron chi connectivity index (χ0n) is 18.1. The van der Waals surface area contributed by atoms with Crippen molar-refractivity contribution >= 4 is 33.7 Å². The Bertz CT molecular complexity index is 1040. The van der Waals surface area contributed by atoms with Crippen molar-refractivity contribution in [2.45, 2.75) is 19.0 Å². The van der Waals surface area contributed by atoms with Crippen LogP contribution in [0.25, 0.3) is 0 Å². The molecule has 5 nitrogen and oxygen atoms in total. The van der Waals surface area contributed by atoms with Crippen molar-refractivity contribution in [2.24, 2.45) is 5.92 Å². The van der Waals surface area contributed by atoms with E-state index in [1.54, 1.807) is 12.1 Å². The normalized spacial score (nSPS) is 11.1. The molecule has 0 unspecified atom stereocenters. The maximum absolute atomic E-state index is 13.8. The lowest BCUT2D eigenvalue weighted by atomic mass is 9.89. The van der Waals surface area contributed by atoms with Crippen molar-refractivity contribution in [3.63, 3.8) is 0 Å². The van der Waals surface area contributed by atoms with E-state index in [0.717, 1.165) is 12.1 Å². The van der Waals surface area contributed by atoms with Gasteiger partial charge in [-0.1, -0.05) is 65.5 Å². The van der Waals surface area contributed by atoms with Gasteiger partial charge in [0, 0.05) is 16.5 Å². The van der Waals surface area contributed by atoms with Crippen LogP contribution in [0.3, 0.4) is 0 Å². The van der Waals surface area contributed by atoms with Gasteiger partial charge in [0.1, 0.15) is 13.2 Å². The summed E-state index contributed by atoms with van der Waals surface area (Å²) >= 11 is 3.24. The number of esters is 2. The Morgan fingerprint density at radius 1 is 0.941 bits per heavy atom. The molecule has 0 spiro atoms. The van der Waals surface area contributed by atoms with Gasteiger partial charge in [-0.25, -0.2) is 0 Å².